The largest absolute Gasteiger partial charge is 0.465 e. The lowest BCUT2D eigenvalue weighted by molar-refractivity contribution is -0.127. The van der Waals surface area contributed by atoms with Gasteiger partial charge in [0.05, 0.1) is 18.2 Å². The zero-order valence-electron chi connectivity index (χ0n) is 22.1. The Morgan fingerprint density at radius 1 is 1.00 bits per heavy atom. The average molecular weight is 544 g/mol. The molecule has 206 valence electrons. The van der Waals surface area contributed by atoms with Crippen molar-refractivity contribution in [3.05, 3.63) is 89.7 Å². The molecule has 0 bridgehead atoms. The number of halogens is 1. The van der Waals surface area contributed by atoms with Crippen LogP contribution < -0.4 is 10.2 Å². The van der Waals surface area contributed by atoms with E-state index in [-0.39, 0.29) is 18.5 Å². The summed E-state index contributed by atoms with van der Waals surface area (Å²) in [6.45, 7) is -0.203. The molecule has 1 aliphatic carbocycles. The highest BCUT2D eigenvalue weighted by molar-refractivity contribution is 6.01. The highest BCUT2D eigenvalue weighted by atomic mass is 19.1. The van der Waals surface area contributed by atoms with E-state index < -0.39 is 23.7 Å². The molecule has 1 aromatic heterocycles. The van der Waals surface area contributed by atoms with Crippen molar-refractivity contribution >= 4 is 34.5 Å². The molecule has 1 fully saturated rings. The van der Waals surface area contributed by atoms with Crippen molar-refractivity contribution in [1.82, 2.24) is 20.3 Å². The number of methoxy groups -OCH3 is 1. The predicted molar refractivity (Wildman–Crippen MR) is 147 cm³/mol. The molecule has 1 heterocycles. The summed E-state index contributed by atoms with van der Waals surface area (Å²) in [5.41, 5.74) is 2.44. The quantitative estimate of drug-likeness (QED) is 0.326. The summed E-state index contributed by atoms with van der Waals surface area (Å²) in [7, 11) is 1.29. The minimum atomic E-state index is -1.10. The molecule has 10 heteroatoms. The Morgan fingerprint density at radius 3 is 2.40 bits per heavy atom. The van der Waals surface area contributed by atoms with Crippen LogP contribution in [0.2, 0.25) is 0 Å². The fourth-order valence-corrected chi connectivity index (χ4v) is 5.14. The van der Waals surface area contributed by atoms with Gasteiger partial charge >= 0.3 is 5.97 Å². The number of ether oxygens (including phenoxy) is 1. The maximum absolute atomic E-state index is 14.1. The SMILES string of the molecule is COC(=O)c1ccc([C@@H](C(=O)NC2CCCCC2)N(C(=O)Cn2nnc3ccccc32)c2ccc(F)cc2)cc1. The maximum atomic E-state index is 14.1. The van der Waals surface area contributed by atoms with Crippen molar-refractivity contribution in [2.24, 2.45) is 0 Å². The summed E-state index contributed by atoms with van der Waals surface area (Å²) >= 11 is 0. The van der Waals surface area contributed by atoms with E-state index in [1.54, 1.807) is 30.3 Å². The summed E-state index contributed by atoms with van der Waals surface area (Å²) in [5, 5.41) is 11.4. The Morgan fingerprint density at radius 2 is 1.70 bits per heavy atom. The highest BCUT2D eigenvalue weighted by Gasteiger charge is 2.34. The Balaban J connectivity index is 1.56. The van der Waals surface area contributed by atoms with Crippen LogP contribution in [-0.4, -0.2) is 45.9 Å². The van der Waals surface area contributed by atoms with Crippen LogP contribution in [0.15, 0.2) is 72.8 Å². The molecular formula is C30H30FN5O4. The number of esters is 1. The minimum absolute atomic E-state index is 0.0116. The van der Waals surface area contributed by atoms with E-state index in [9.17, 15) is 18.8 Å². The van der Waals surface area contributed by atoms with Gasteiger partial charge in [-0.15, -0.1) is 5.10 Å². The van der Waals surface area contributed by atoms with Crippen LogP contribution in [0.4, 0.5) is 10.1 Å². The number of nitrogens with one attached hydrogen (secondary N) is 1. The molecule has 0 unspecified atom stereocenters. The lowest BCUT2D eigenvalue weighted by Crippen LogP contribution is -2.48. The third kappa shape index (κ3) is 5.85. The van der Waals surface area contributed by atoms with E-state index in [0.29, 0.717) is 27.8 Å². The second-order valence-electron chi connectivity index (χ2n) is 9.84. The van der Waals surface area contributed by atoms with Gasteiger partial charge in [0.2, 0.25) is 11.8 Å². The minimum Gasteiger partial charge on any atom is -0.465 e. The summed E-state index contributed by atoms with van der Waals surface area (Å²) in [4.78, 5) is 41.5. The number of fused-ring (bicyclic) bond motifs is 1. The molecule has 1 aliphatic rings. The predicted octanol–water partition coefficient (Wildman–Crippen LogP) is 4.58. The molecule has 0 saturated heterocycles. The van der Waals surface area contributed by atoms with Gasteiger partial charge in [0, 0.05) is 11.7 Å². The molecular weight excluding hydrogens is 513 g/mol. The first-order valence-electron chi connectivity index (χ1n) is 13.3. The summed E-state index contributed by atoms with van der Waals surface area (Å²) in [6.07, 6.45) is 4.87. The van der Waals surface area contributed by atoms with Crippen LogP contribution in [-0.2, 0) is 20.9 Å². The number of aromatic nitrogens is 3. The normalized spacial score (nSPS) is 14.4. The van der Waals surface area contributed by atoms with Gasteiger partial charge in [-0.1, -0.05) is 48.7 Å². The molecule has 9 nitrogen and oxygen atoms in total. The van der Waals surface area contributed by atoms with Gasteiger partial charge in [-0.25, -0.2) is 13.9 Å². The van der Waals surface area contributed by atoms with Crippen LogP contribution in [0.5, 0.6) is 0 Å². The van der Waals surface area contributed by atoms with Crippen LogP contribution >= 0.6 is 0 Å². The Hall–Kier alpha value is -4.60. The van der Waals surface area contributed by atoms with Gasteiger partial charge in [0.1, 0.15) is 23.9 Å². The Labute approximate surface area is 230 Å². The van der Waals surface area contributed by atoms with Crippen molar-refractivity contribution in [1.29, 1.82) is 0 Å². The lowest BCUT2D eigenvalue weighted by atomic mass is 9.94. The maximum Gasteiger partial charge on any atom is 0.337 e. The summed E-state index contributed by atoms with van der Waals surface area (Å²) < 4.78 is 20.2. The van der Waals surface area contributed by atoms with Crippen LogP contribution in [0.25, 0.3) is 11.0 Å². The van der Waals surface area contributed by atoms with Crippen molar-refractivity contribution in [3.63, 3.8) is 0 Å². The van der Waals surface area contributed by atoms with Gasteiger partial charge in [-0.2, -0.15) is 0 Å². The van der Waals surface area contributed by atoms with Crippen molar-refractivity contribution in [3.8, 4) is 0 Å². The topological polar surface area (TPSA) is 106 Å². The molecule has 3 aromatic carbocycles. The van der Waals surface area contributed by atoms with E-state index in [1.165, 1.54) is 41.0 Å². The van der Waals surface area contributed by atoms with Gasteiger partial charge in [0.25, 0.3) is 0 Å². The number of hydrogen-bond donors (Lipinski definition) is 1. The molecule has 1 atom stereocenters. The van der Waals surface area contributed by atoms with Gasteiger partial charge in [-0.3, -0.25) is 14.5 Å². The van der Waals surface area contributed by atoms with Crippen LogP contribution in [0.3, 0.4) is 0 Å². The number of anilines is 1. The molecule has 40 heavy (non-hydrogen) atoms. The first-order chi connectivity index (χ1) is 19.4. The fourth-order valence-electron chi connectivity index (χ4n) is 5.14. The number of nitrogens with zero attached hydrogens (tertiary/aromatic N) is 4. The second-order valence-corrected chi connectivity index (χ2v) is 9.84. The number of carbonyl (C=O) groups is 3. The first kappa shape index (κ1) is 27.0. The van der Waals surface area contributed by atoms with E-state index in [2.05, 4.69) is 15.6 Å². The molecule has 1 N–H and O–H groups in total. The summed E-state index contributed by atoms with van der Waals surface area (Å²) in [6, 6.07) is 18.0. The number of amides is 2. The molecule has 1 saturated carbocycles. The second kappa shape index (κ2) is 12.1. The van der Waals surface area contributed by atoms with E-state index >= 15 is 0 Å². The Kier molecular flexibility index (Phi) is 8.14. The van der Waals surface area contributed by atoms with Crippen LogP contribution in [0, 0.1) is 5.82 Å². The monoisotopic (exact) mass is 543 g/mol. The van der Waals surface area contributed by atoms with E-state index in [1.807, 2.05) is 18.2 Å². The number of hydrogen-bond acceptors (Lipinski definition) is 6. The molecule has 5 rings (SSSR count). The fraction of sp³-hybridized carbons (Fsp3) is 0.300. The Bertz CT molecular complexity index is 1500. The average Bonchev–Trinajstić information content (AvgIpc) is 3.39. The number of carbonyl (C=O) groups excluding carboxylic acids is 3. The zero-order valence-corrected chi connectivity index (χ0v) is 22.1. The lowest BCUT2D eigenvalue weighted by Gasteiger charge is -2.33. The number of benzene rings is 3. The van der Waals surface area contributed by atoms with Crippen molar-refractivity contribution < 1.29 is 23.5 Å². The molecule has 0 aliphatic heterocycles. The van der Waals surface area contributed by atoms with Gasteiger partial charge in [-0.05, 0) is 66.9 Å². The van der Waals surface area contributed by atoms with E-state index in [4.69, 9.17) is 4.74 Å². The van der Waals surface area contributed by atoms with Crippen molar-refractivity contribution in [2.45, 2.75) is 50.7 Å². The van der Waals surface area contributed by atoms with E-state index in [0.717, 1.165) is 32.1 Å². The van der Waals surface area contributed by atoms with Gasteiger partial charge < -0.3 is 10.1 Å². The zero-order chi connectivity index (χ0) is 28.1. The molecule has 4 aromatic rings. The number of para-hydroxylation sites is 1. The smallest absolute Gasteiger partial charge is 0.337 e. The van der Waals surface area contributed by atoms with Crippen molar-refractivity contribution in [2.75, 3.05) is 12.0 Å². The standard InChI is InChI=1S/C30H30FN5O4/c1-40-30(39)21-13-11-20(12-14-21)28(29(38)32-23-7-3-2-4-8-23)36(24-17-15-22(31)16-18-24)27(37)19-35-26-10-6-5-9-25(26)33-34-35/h5-6,9-18,23,28H,2-4,7-8,19H2,1H3,(H,32,38)/t28-/m0/s1. The highest BCUT2D eigenvalue weighted by Crippen LogP contribution is 2.30. The third-order valence-corrected chi connectivity index (χ3v) is 7.18. The molecule has 0 radical (unpaired) electrons. The third-order valence-electron chi connectivity index (χ3n) is 7.18. The van der Waals surface area contributed by atoms with Gasteiger partial charge in [0.15, 0.2) is 0 Å². The molecule has 2 amide bonds. The van der Waals surface area contributed by atoms with Crippen LogP contribution in [0.1, 0.15) is 54.1 Å². The number of rotatable bonds is 8. The summed E-state index contributed by atoms with van der Waals surface area (Å²) in [5.74, 6) is -1.79. The first-order valence-corrected chi connectivity index (χ1v) is 13.3. The molecule has 0 spiro atoms.